The van der Waals surface area contributed by atoms with Crippen molar-refractivity contribution in [3.05, 3.63) is 46.7 Å². The maximum Gasteiger partial charge on any atom is 0.319 e. The summed E-state index contributed by atoms with van der Waals surface area (Å²) in [5.41, 5.74) is 1.94. The monoisotopic (exact) mass is 421 g/mol. The Morgan fingerprint density at radius 2 is 2.00 bits per heavy atom. The summed E-state index contributed by atoms with van der Waals surface area (Å²) >= 11 is 6.03. The van der Waals surface area contributed by atoms with Crippen molar-refractivity contribution in [3.63, 3.8) is 0 Å². The fraction of sp³-hybridized carbons (Fsp3) is 0.368. The van der Waals surface area contributed by atoms with Crippen molar-refractivity contribution in [2.24, 2.45) is 0 Å². The number of anilines is 1. The van der Waals surface area contributed by atoms with E-state index in [1.165, 1.54) is 12.1 Å². The number of hydrogen-bond acceptors (Lipinski definition) is 5. The Morgan fingerprint density at radius 1 is 1.21 bits per heavy atom. The largest absolute Gasteiger partial charge is 0.504 e. The number of aromatic nitrogens is 1. The van der Waals surface area contributed by atoms with Gasteiger partial charge in [0.2, 0.25) is 0 Å². The molecular weight excluding hydrogens is 402 g/mol. The van der Waals surface area contributed by atoms with Crippen LogP contribution in [0.25, 0.3) is 0 Å². The van der Waals surface area contributed by atoms with E-state index in [9.17, 15) is 18.3 Å². The van der Waals surface area contributed by atoms with Crippen molar-refractivity contribution in [2.75, 3.05) is 5.32 Å². The first-order valence-electron chi connectivity index (χ1n) is 9.14. The van der Waals surface area contributed by atoms with Gasteiger partial charge in [-0.1, -0.05) is 17.7 Å². The van der Waals surface area contributed by atoms with E-state index in [0.717, 1.165) is 30.5 Å². The second-order valence-corrected chi connectivity index (χ2v) is 9.67. The molecule has 0 unspecified atom stereocenters. The summed E-state index contributed by atoms with van der Waals surface area (Å²) in [5.74, 6) is -0.528. The quantitative estimate of drug-likeness (QED) is 0.654. The zero-order chi connectivity index (χ0) is 19.9. The van der Waals surface area contributed by atoms with Gasteiger partial charge in [-0.3, -0.25) is 4.98 Å². The molecule has 7 nitrogen and oxygen atoms in total. The van der Waals surface area contributed by atoms with Gasteiger partial charge < -0.3 is 15.7 Å². The Morgan fingerprint density at radius 3 is 2.75 bits per heavy atom. The number of aryl methyl sites for hydroxylation is 1. The number of fused-ring (bicyclic) bond motifs is 1. The Balaban J connectivity index is 1.55. The number of amides is 2. The Labute approximate surface area is 168 Å². The van der Waals surface area contributed by atoms with Gasteiger partial charge in [0.15, 0.2) is 15.6 Å². The number of pyridine rings is 1. The first-order valence-corrected chi connectivity index (χ1v) is 11.1. The molecule has 1 atom stereocenters. The number of sulfone groups is 1. The van der Waals surface area contributed by atoms with Crippen LogP contribution in [0.2, 0.25) is 5.02 Å². The van der Waals surface area contributed by atoms with Crippen LogP contribution < -0.4 is 10.6 Å². The number of rotatable bonds is 4. The van der Waals surface area contributed by atoms with Crippen molar-refractivity contribution >= 4 is 33.2 Å². The minimum Gasteiger partial charge on any atom is -0.504 e. The summed E-state index contributed by atoms with van der Waals surface area (Å²) in [5, 5.41) is 15.3. The summed E-state index contributed by atoms with van der Waals surface area (Å²) in [6.45, 7) is 0. The van der Waals surface area contributed by atoms with Crippen LogP contribution in [0.4, 0.5) is 10.5 Å². The number of nitrogens with zero attached hydrogens (tertiary/aromatic N) is 1. The van der Waals surface area contributed by atoms with Gasteiger partial charge in [0.25, 0.3) is 0 Å². The molecule has 2 aromatic rings. The summed E-state index contributed by atoms with van der Waals surface area (Å²) in [4.78, 5) is 16.5. The lowest BCUT2D eigenvalue weighted by Crippen LogP contribution is -2.34. The number of halogens is 1. The highest BCUT2D eigenvalue weighted by molar-refractivity contribution is 7.92. The second-order valence-electron chi connectivity index (χ2n) is 7.10. The number of nitrogens with one attached hydrogen (secondary N) is 2. The van der Waals surface area contributed by atoms with E-state index >= 15 is 0 Å². The number of carbonyl (C=O) groups is 1. The molecule has 0 aliphatic heterocycles. The van der Waals surface area contributed by atoms with Crippen LogP contribution in [0.1, 0.15) is 43.0 Å². The van der Waals surface area contributed by atoms with Crippen LogP contribution in [0.5, 0.6) is 5.75 Å². The fourth-order valence-electron chi connectivity index (χ4n) is 3.54. The predicted molar refractivity (Wildman–Crippen MR) is 105 cm³/mol. The molecule has 28 heavy (non-hydrogen) atoms. The zero-order valence-corrected chi connectivity index (χ0v) is 16.6. The van der Waals surface area contributed by atoms with Crippen LogP contribution >= 0.6 is 11.6 Å². The normalized spacial score (nSPS) is 19.0. The van der Waals surface area contributed by atoms with E-state index < -0.39 is 26.9 Å². The first-order chi connectivity index (χ1) is 13.4. The molecule has 1 fully saturated rings. The van der Waals surface area contributed by atoms with E-state index in [1.54, 1.807) is 6.20 Å². The lowest BCUT2D eigenvalue weighted by Gasteiger charge is -2.25. The molecule has 2 aliphatic rings. The number of urea groups is 1. The zero-order valence-electron chi connectivity index (χ0n) is 15.0. The third-order valence-corrected chi connectivity index (χ3v) is 7.85. The van der Waals surface area contributed by atoms with Gasteiger partial charge in [-0.25, -0.2) is 13.2 Å². The van der Waals surface area contributed by atoms with E-state index in [0.29, 0.717) is 12.8 Å². The van der Waals surface area contributed by atoms with E-state index in [2.05, 4.69) is 15.6 Å². The summed E-state index contributed by atoms with van der Waals surface area (Å²) in [7, 11) is -3.71. The summed E-state index contributed by atoms with van der Waals surface area (Å²) in [6.07, 6.45) is 5.38. The molecule has 2 aliphatic carbocycles. The number of phenolic OH excluding ortho intramolecular Hbond substituents is 1. The number of phenols is 1. The highest BCUT2D eigenvalue weighted by Gasteiger charge is 2.40. The molecule has 1 aromatic heterocycles. The van der Waals surface area contributed by atoms with E-state index in [-0.39, 0.29) is 21.6 Å². The lowest BCUT2D eigenvalue weighted by molar-refractivity contribution is 0.247. The Hall–Kier alpha value is -2.32. The van der Waals surface area contributed by atoms with Crippen LogP contribution in [0.15, 0.2) is 35.4 Å². The van der Waals surface area contributed by atoms with Gasteiger partial charge in [-0.05, 0) is 55.9 Å². The van der Waals surface area contributed by atoms with Crippen molar-refractivity contribution in [2.45, 2.75) is 48.3 Å². The minimum atomic E-state index is -3.71. The molecule has 1 saturated carbocycles. The van der Waals surface area contributed by atoms with Gasteiger partial charge >= 0.3 is 6.03 Å². The molecule has 0 bridgehead atoms. The van der Waals surface area contributed by atoms with E-state index in [1.807, 2.05) is 12.1 Å². The lowest BCUT2D eigenvalue weighted by atomic mass is 9.91. The van der Waals surface area contributed by atoms with Crippen molar-refractivity contribution < 1.29 is 18.3 Å². The smallest absolute Gasteiger partial charge is 0.319 e. The molecule has 3 N–H and O–H groups in total. The minimum absolute atomic E-state index is 0.00310. The average Bonchev–Trinajstić information content (AvgIpc) is 3.50. The van der Waals surface area contributed by atoms with Crippen molar-refractivity contribution in [1.82, 2.24) is 10.3 Å². The molecule has 0 radical (unpaired) electrons. The molecular formula is C19H20ClN3O4S. The first kappa shape index (κ1) is 19.0. The van der Waals surface area contributed by atoms with Crippen LogP contribution in [-0.4, -0.2) is 29.8 Å². The molecule has 2 amide bonds. The molecule has 0 spiro atoms. The molecule has 0 saturated heterocycles. The number of aromatic hydroxyl groups is 1. The third kappa shape index (κ3) is 3.54. The van der Waals surface area contributed by atoms with Crippen LogP contribution in [0.3, 0.4) is 0 Å². The van der Waals surface area contributed by atoms with Gasteiger partial charge in [0.05, 0.1) is 22.0 Å². The van der Waals surface area contributed by atoms with Gasteiger partial charge in [-0.15, -0.1) is 0 Å². The van der Waals surface area contributed by atoms with Gasteiger partial charge in [0.1, 0.15) is 4.90 Å². The summed E-state index contributed by atoms with van der Waals surface area (Å²) in [6, 6.07) is 5.80. The number of hydrogen-bond donors (Lipinski definition) is 3. The molecule has 148 valence electrons. The average molecular weight is 422 g/mol. The molecule has 9 heteroatoms. The van der Waals surface area contributed by atoms with Crippen LogP contribution in [-0.2, 0) is 16.3 Å². The van der Waals surface area contributed by atoms with Crippen molar-refractivity contribution in [3.8, 4) is 5.75 Å². The number of carbonyl (C=O) groups excluding carboxylic acids is 1. The topological polar surface area (TPSA) is 108 Å². The molecule has 1 heterocycles. The van der Waals surface area contributed by atoms with Gasteiger partial charge in [0, 0.05) is 11.9 Å². The van der Waals surface area contributed by atoms with Gasteiger partial charge in [-0.2, -0.15) is 0 Å². The summed E-state index contributed by atoms with van der Waals surface area (Å²) < 4.78 is 25.1. The van der Waals surface area contributed by atoms with Crippen molar-refractivity contribution in [1.29, 1.82) is 0 Å². The maximum atomic E-state index is 12.5. The Bertz CT molecular complexity index is 1040. The second kappa shape index (κ2) is 7.25. The Kier molecular flexibility index (Phi) is 4.93. The third-order valence-electron chi connectivity index (χ3n) is 5.09. The molecule has 1 aromatic carbocycles. The fourth-order valence-corrected chi connectivity index (χ4v) is 5.82. The highest BCUT2D eigenvalue weighted by Crippen LogP contribution is 2.43. The standard InChI is InChI=1S/C19H20ClN3O4S/c20-13-8-9-16(17(24)18(13)28(26,27)11-6-7-11)23-19(25)22-15-5-1-4-14-12(15)3-2-10-21-14/h2-3,8-11,15,24H,1,4-7H2,(H2,22,23,25)/t15-/m1/s1. The SMILES string of the molecule is O=C(Nc1ccc(Cl)c(S(=O)(=O)C2CC2)c1O)N[C@@H]1CCCc2ncccc21. The molecule has 4 rings (SSSR count). The highest BCUT2D eigenvalue weighted by atomic mass is 35.5. The predicted octanol–water partition coefficient (Wildman–Crippen LogP) is 3.58. The van der Waals surface area contributed by atoms with E-state index in [4.69, 9.17) is 11.6 Å². The van der Waals surface area contributed by atoms with Crippen LogP contribution in [0, 0.1) is 0 Å². The number of benzene rings is 1. The maximum absolute atomic E-state index is 12.5.